The number of rotatable bonds is 3. The van der Waals surface area contributed by atoms with Crippen LogP contribution in [-0.4, -0.2) is 17.5 Å². The van der Waals surface area contributed by atoms with Gasteiger partial charge in [0.2, 0.25) is 0 Å². The Morgan fingerprint density at radius 3 is 2.76 bits per heavy atom. The standard InChI is InChI=1S/C24H29NO4/c1-15-5-9-20-23(2,3)21(25-27)11-12-24(20,4)18(15)14-28-17-8-6-16-7-10-22(26)29-19(16)13-17/h5-8,10,13,18,20,27H,9,11-12,14H2,1-4H3/b25-21+/t18-,20+,24+/m0/s1. The summed E-state index contributed by atoms with van der Waals surface area (Å²) in [6.07, 6.45) is 5.10. The number of oxime groups is 1. The van der Waals surface area contributed by atoms with Crippen molar-refractivity contribution in [2.75, 3.05) is 6.61 Å². The molecule has 5 nitrogen and oxygen atoms in total. The molecule has 2 aliphatic carbocycles. The van der Waals surface area contributed by atoms with Gasteiger partial charge in [0.15, 0.2) is 0 Å². The zero-order chi connectivity index (χ0) is 20.8. The summed E-state index contributed by atoms with van der Waals surface area (Å²) in [5, 5.41) is 14.0. The molecule has 0 aliphatic heterocycles. The first-order chi connectivity index (χ1) is 13.8. The SMILES string of the molecule is CC1=CC[C@@H]2C(C)(C)/C(=N/O)CC[C@]2(C)[C@H]1COc1ccc2ccc(=O)oc2c1. The molecule has 3 atom stereocenters. The molecule has 2 aromatic rings. The van der Waals surface area contributed by atoms with Crippen LogP contribution in [-0.2, 0) is 0 Å². The summed E-state index contributed by atoms with van der Waals surface area (Å²) < 4.78 is 11.5. The fourth-order valence-electron chi connectivity index (χ4n) is 5.67. The van der Waals surface area contributed by atoms with Gasteiger partial charge in [-0.1, -0.05) is 37.6 Å². The Kier molecular flexibility index (Phi) is 4.80. The minimum Gasteiger partial charge on any atom is -0.493 e. The van der Waals surface area contributed by atoms with Gasteiger partial charge in [0.1, 0.15) is 11.3 Å². The molecule has 0 spiro atoms. The van der Waals surface area contributed by atoms with E-state index < -0.39 is 0 Å². The molecule has 1 aromatic heterocycles. The molecule has 1 saturated carbocycles. The molecule has 0 amide bonds. The summed E-state index contributed by atoms with van der Waals surface area (Å²) in [5.74, 6) is 1.37. The van der Waals surface area contributed by atoms with Crippen LogP contribution < -0.4 is 10.4 Å². The summed E-state index contributed by atoms with van der Waals surface area (Å²) in [7, 11) is 0. The van der Waals surface area contributed by atoms with E-state index >= 15 is 0 Å². The van der Waals surface area contributed by atoms with Crippen molar-refractivity contribution in [2.45, 2.75) is 47.0 Å². The summed E-state index contributed by atoms with van der Waals surface area (Å²) >= 11 is 0. The van der Waals surface area contributed by atoms with Crippen molar-refractivity contribution in [3.63, 3.8) is 0 Å². The van der Waals surface area contributed by atoms with Crippen LogP contribution in [0.2, 0.25) is 0 Å². The Morgan fingerprint density at radius 2 is 2.00 bits per heavy atom. The number of ether oxygens (including phenoxy) is 1. The third-order valence-electron chi connectivity index (χ3n) is 7.46. The smallest absolute Gasteiger partial charge is 0.336 e. The van der Waals surface area contributed by atoms with Crippen LogP contribution in [0.1, 0.15) is 47.0 Å². The van der Waals surface area contributed by atoms with Crippen molar-refractivity contribution < 1.29 is 14.4 Å². The average Bonchev–Trinajstić information content (AvgIpc) is 2.66. The Labute approximate surface area is 171 Å². The van der Waals surface area contributed by atoms with Crippen LogP contribution >= 0.6 is 0 Å². The van der Waals surface area contributed by atoms with Crippen molar-refractivity contribution in [3.8, 4) is 5.75 Å². The molecule has 0 bridgehead atoms. The fraction of sp³-hybridized carbons (Fsp3) is 0.500. The van der Waals surface area contributed by atoms with Gasteiger partial charge in [-0.2, -0.15) is 0 Å². The lowest BCUT2D eigenvalue weighted by Crippen LogP contribution is -2.53. The van der Waals surface area contributed by atoms with Gasteiger partial charge in [0.05, 0.1) is 12.3 Å². The zero-order valence-electron chi connectivity index (χ0n) is 17.6. The van der Waals surface area contributed by atoms with Gasteiger partial charge in [-0.3, -0.25) is 0 Å². The lowest BCUT2D eigenvalue weighted by molar-refractivity contribution is -0.000645. The number of hydrogen-bond acceptors (Lipinski definition) is 5. The van der Waals surface area contributed by atoms with Gasteiger partial charge in [-0.05, 0) is 55.7 Å². The van der Waals surface area contributed by atoms with Crippen molar-refractivity contribution in [3.05, 3.63) is 52.4 Å². The molecular weight excluding hydrogens is 366 g/mol. The first-order valence-electron chi connectivity index (χ1n) is 10.3. The largest absolute Gasteiger partial charge is 0.493 e. The van der Waals surface area contributed by atoms with Gasteiger partial charge in [-0.15, -0.1) is 0 Å². The predicted octanol–water partition coefficient (Wildman–Crippen LogP) is 5.41. The quantitative estimate of drug-likeness (QED) is 0.326. The third kappa shape index (κ3) is 3.26. The molecule has 0 saturated heterocycles. The van der Waals surface area contributed by atoms with Crippen molar-refractivity contribution in [2.24, 2.45) is 27.8 Å². The minimum absolute atomic E-state index is 0.0694. The minimum atomic E-state index is -0.359. The Balaban J connectivity index is 1.60. The van der Waals surface area contributed by atoms with E-state index in [4.69, 9.17) is 9.15 Å². The van der Waals surface area contributed by atoms with E-state index in [1.807, 2.05) is 12.1 Å². The molecular formula is C24H29NO4. The number of benzene rings is 1. The normalized spacial score (nSPS) is 30.1. The molecule has 1 aromatic carbocycles. The molecule has 29 heavy (non-hydrogen) atoms. The predicted molar refractivity (Wildman–Crippen MR) is 114 cm³/mol. The first-order valence-corrected chi connectivity index (χ1v) is 10.3. The second-order valence-electron chi connectivity index (χ2n) is 9.33. The summed E-state index contributed by atoms with van der Waals surface area (Å²) in [6, 6.07) is 8.81. The molecule has 4 rings (SSSR count). The maximum absolute atomic E-state index is 11.5. The highest BCUT2D eigenvalue weighted by atomic mass is 16.5. The topological polar surface area (TPSA) is 72.0 Å². The van der Waals surface area contributed by atoms with Crippen LogP contribution in [0.4, 0.5) is 0 Å². The van der Waals surface area contributed by atoms with E-state index in [1.54, 1.807) is 12.1 Å². The lowest BCUT2D eigenvalue weighted by Gasteiger charge is -2.56. The van der Waals surface area contributed by atoms with Gasteiger partial charge < -0.3 is 14.4 Å². The summed E-state index contributed by atoms with van der Waals surface area (Å²) in [6.45, 7) is 9.51. The molecule has 0 radical (unpaired) electrons. The van der Waals surface area contributed by atoms with E-state index in [9.17, 15) is 10.0 Å². The molecule has 1 heterocycles. The number of allylic oxidation sites excluding steroid dienone is 1. The molecule has 0 unspecified atom stereocenters. The van der Waals surface area contributed by atoms with Crippen molar-refractivity contribution >= 4 is 16.7 Å². The third-order valence-corrected chi connectivity index (χ3v) is 7.46. The van der Waals surface area contributed by atoms with Gasteiger partial charge in [0.25, 0.3) is 0 Å². The summed E-state index contributed by atoms with van der Waals surface area (Å²) in [4.78, 5) is 11.5. The lowest BCUT2D eigenvalue weighted by atomic mass is 9.48. The highest BCUT2D eigenvalue weighted by Crippen LogP contribution is 2.58. The van der Waals surface area contributed by atoms with Crippen LogP contribution in [0.5, 0.6) is 5.75 Å². The van der Waals surface area contributed by atoms with Crippen LogP contribution in [0.3, 0.4) is 0 Å². The number of hydrogen-bond donors (Lipinski definition) is 1. The summed E-state index contributed by atoms with van der Waals surface area (Å²) in [5.41, 5.74) is 2.36. The van der Waals surface area contributed by atoms with Crippen LogP contribution in [0, 0.1) is 22.7 Å². The second kappa shape index (κ2) is 7.05. The Hall–Kier alpha value is -2.56. The van der Waals surface area contributed by atoms with E-state index in [-0.39, 0.29) is 22.4 Å². The van der Waals surface area contributed by atoms with Gasteiger partial charge >= 0.3 is 5.63 Å². The maximum Gasteiger partial charge on any atom is 0.336 e. The Bertz CT molecular complexity index is 1050. The van der Waals surface area contributed by atoms with E-state index in [0.717, 1.165) is 30.4 Å². The highest BCUT2D eigenvalue weighted by molar-refractivity contribution is 5.90. The zero-order valence-corrected chi connectivity index (χ0v) is 17.6. The molecule has 154 valence electrons. The van der Waals surface area contributed by atoms with E-state index in [2.05, 4.69) is 38.9 Å². The molecule has 1 N–H and O–H groups in total. The van der Waals surface area contributed by atoms with Crippen LogP contribution in [0.15, 0.2) is 56.3 Å². The molecule has 5 heteroatoms. The van der Waals surface area contributed by atoms with Gasteiger partial charge in [-0.25, -0.2) is 4.79 Å². The fourth-order valence-corrected chi connectivity index (χ4v) is 5.67. The average molecular weight is 395 g/mol. The number of fused-ring (bicyclic) bond motifs is 2. The number of nitrogens with zero attached hydrogens (tertiary/aromatic N) is 1. The van der Waals surface area contributed by atoms with E-state index in [0.29, 0.717) is 23.9 Å². The first kappa shape index (κ1) is 19.7. The van der Waals surface area contributed by atoms with E-state index in [1.165, 1.54) is 11.6 Å². The molecule has 1 fully saturated rings. The molecule has 2 aliphatic rings. The van der Waals surface area contributed by atoms with Crippen molar-refractivity contribution in [1.29, 1.82) is 0 Å². The van der Waals surface area contributed by atoms with Gasteiger partial charge in [0, 0.05) is 28.9 Å². The van der Waals surface area contributed by atoms with Crippen molar-refractivity contribution in [1.82, 2.24) is 0 Å². The highest BCUT2D eigenvalue weighted by Gasteiger charge is 2.54. The Morgan fingerprint density at radius 1 is 1.24 bits per heavy atom. The monoisotopic (exact) mass is 395 g/mol. The van der Waals surface area contributed by atoms with Crippen LogP contribution in [0.25, 0.3) is 11.0 Å². The maximum atomic E-state index is 11.5. The second-order valence-corrected chi connectivity index (χ2v) is 9.33.